The zero-order valence-electron chi connectivity index (χ0n) is 16.2. The lowest BCUT2D eigenvalue weighted by Crippen LogP contribution is -2.39. The number of hydrogen-bond donors (Lipinski definition) is 0. The minimum Gasteiger partial charge on any atom is -0.345 e. The Labute approximate surface area is 182 Å². The van der Waals surface area contributed by atoms with Gasteiger partial charge in [0.15, 0.2) is 5.78 Å². The van der Waals surface area contributed by atoms with Crippen molar-refractivity contribution in [2.45, 2.75) is 31.8 Å². The molecule has 1 aliphatic heterocycles. The fourth-order valence-electron chi connectivity index (χ4n) is 4.13. The smallest absolute Gasteiger partial charge is 0.270 e. The number of non-ortho nitro benzene ring substituents is 1. The lowest BCUT2D eigenvalue weighted by molar-refractivity contribution is -0.384. The van der Waals surface area contributed by atoms with Crippen LogP contribution in [0.3, 0.4) is 0 Å². The molecule has 0 saturated carbocycles. The zero-order valence-corrected chi connectivity index (χ0v) is 18.3. The molecule has 1 fully saturated rings. The molecule has 4 rings (SSSR count). The fourth-order valence-corrected chi connectivity index (χ4v) is 4.87. The third-order valence-corrected chi connectivity index (χ3v) is 6.66. The zero-order chi connectivity index (χ0) is 20.5. The number of nitro benzene ring substituents is 1. The number of likely N-dealkylation sites (N-methyl/N-ethyl adjacent to an activating group) is 1. The number of halogens is 1. The number of piperidine rings is 1. The maximum Gasteiger partial charge on any atom is 0.270 e. The molecule has 7 heteroatoms. The van der Waals surface area contributed by atoms with Crippen LogP contribution in [0.25, 0.3) is 10.9 Å². The number of hydrogen-bond acceptors (Lipinski definition) is 4. The molecule has 150 valence electrons. The first-order valence-electron chi connectivity index (χ1n) is 9.72. The van der Waals surface area contributed by atoms with Gasteiger partial charge in [0, 0.05) is 56.5 Å². The van der Waals surface area contributed by atoms with Crippen LogP contribution < -0.4 is 0 Å². The summed E-state index contributed by atoms with van der Waals surface area (Å²) in [6, 6.07) is 12.8. The number of rotatable bonds is 5. The second kappa shape index (κ2) is 8.23. The molecule has 1 unspecified atom stereocenters. The minimum atomic E-state index is -0.442. The Hall–Kier alpha value is -2.26. The number of ketones is 1. The first kappa shape index (κ1) is 20.0. The van der Waals surface area contributed by atoms with E-state index in [9.17, 15) is 14.9 Å². The topological polar surface area (TPSA) is 68.4 Å². The van der Waals surface area contributed by atoms with Crippen molar-refractivity contribution in [2.75, 3.05) is 13.6 Å². The number of nitro groups is 1. The fraction of sp³-hybridized carbons (Fsp3) is 0.318. The number of likely N-dealkylation sites (tertiary alicyclic amines) is 1. The highest BCUT2D eigenvalue weighted by Gasteiger charge is 2.23. The van der Waals surface area contributed by atoms with E-state index in [1.807, 2.05) is 47.0 Å². The minimum absolute atomic E-state index is 0.00582. The van der Waals surface area contributed by atoms with Gasteiger partial charge >= 0.3 is 0 Å². The van der Waals surface area contributed by atoms with E-state index in [0.29, 0.717) is 20.7 Å². The number of para-hydroxylation sites is 1. The molecule has 1 aliphatic rings. The Morgan fingerprint density at radius 3 is 2.72 bits per heavy atom. The summed E-state index contributed by atoms with van der Waals surface area (Å²) in [6.07, 6.45) is 5.59. The predicted octanol–water partition coefficient (Wildman–Crippen LogP) is 4.87. The summed E-state index contributed by atoms with van der Waals surface area (Å²) in [5.74, 6) is -0.101. The van der Waals surface area contributed by atoms with E-state index >= 15 is 0 Å². The standard InChI is InChI=1S/C22H22IN3O3/c1-24-11-5-4-6-16(24)13-25-14-19(17-7-2-3-8-21(17)25)22(27)18-10-9-15(26(28)29)12-20(18)23/h2-3,7-10,12,14,16H,4-6,11,13H2,1H3. The molecule has 3 aromatic rings. The number of nitrogens with zero attached hydrogens (tertiary/aromatic N) is 3. The van der Waals surface area contributed by atoms with Crippen LogP contribution in [-0.4, -0.2) is 39.8 Å². The van der Waals surface area contributed by atoms with Crippen LogP contribution in [-0.2, 0) is 6.54 Å². The first-order valence-corrected chi connectivity index (χ1v) is 10.8. The van der Waals surface area contributed by atoms with E-state index in [2.05, 4.69) is 22.6 Å². The quantitative estimate of drug-likeness (QED) is 0.216. The molecule has 2 heterocycles. The molecule has 1 aromatic heterocycles. The first-order chi connectivity index (χ1) is 14.0. The Morgan fingerprint density at radius 1 is 1.21 bits per heavy atom. The molecule has 0 N–H and O–H groups in total. The second-order valence-corrected chi connectivity index (χ2v) is 8.76. The average molecular weight is 503 g/mol. The molecular weight excluding hydrogens is 481 g/mol. The van der Waals surface area contributed by atoms with Crippen LogP contribution in [0.4, 0.5) is 5.69 Å². The molecule has 0 aliphatic carbocycles. The summed E-state index contributed by atoms with van der Waals surface area (Å²) >= 11 is 2.00. The van der Waals surface area contributed by atoms with E-state index in [0.717, 1.165) is 30.4 Å². The Kier molecular flexibility index (Phi) is 5.69. The molecule has 1 saturated heterocycles. The van der Waals surface area contributed by atoms with Crippen LogP contribution in [0.5, 0.6) is 0 Å². The van der Waals surface area contributed by atoms with Gasteiger partial charge in [0.1, 0.15) is 0 Å². The number of aromatic nitrogens is 1. The summed E-state index contributed by atoms with van der Waals surface area (Å²) < 4.78 is 2.78. The highest BCUT2D eigenvalue weighted by atomic mass is 127. The normalized spacial score (nSPS) is 17.5. The Bertz CT molecular complexity index is 1090. The largest absolute Gasteiger partial charge is 0.345 e. The number of fused-ring (bicyclic) bond motifs is 1. The van der Waals surface area contributed by atoms with Gasteiger partial charge in [-0.3, -0.25) is 14.9 Å². The van der Waals surface area contributed by atoms with Gasteiger partial charge in [0.05, 0.1) is 4.92 Å². The second-order valence-electron chi connectivity index (χ2n) is 7.59. The summed E-state index contributed by atoms with van der Waals surface area (Å²) in [5, 5.41) is 11.9. The van der Waals surface area contributed by atoms with Crippen LogP contribution in [0.1, 0.15) is 35.2 Å². The van der Waals surface area contributed by atoms with Crippen molar-refractivity contribution in [1.29, 1.82) is 0 Å². The van der Waals surface area contributed by atoms with E-state index in [-0.39, 0.29) is 11.5 Å². The monoisotopic (exact) mass is 503 g/mol. The third-order valence-electron chi connectivity index (χ3n) is 5.77. The summed E-state index contributed by atoms with van der Waals surface area (Å²) in [6.45, 7) is 1.96. The summed E-state index contributed by atoms with van der Waals surface area (Å²) in [4.78, 5) is 26.3. The SMILES string of the molecule is CN1CCCCC1Cn1cc(C(=O)c2ccc([N+](=O)[O-])cc2I)c2ccccc21. The summed E-state index contributed by atoms with van der Waals surface area (Å²) in [5.41, 5.74) is 2.18. The van der Waals surface area contributed by atoms with E-state index in [1.54, 1.807) is 6.07 Å². The van der Waals surface area contributed by atoms with Crippen LogP contribution >= 0.6 is 22.6 Å². The van der Waals surface area contributed by atoms with E-state index in [1.165, 1.54) is 25.0 Å². The molecule has 1 atom stereocenters. The van der Waals surface area contributed by atoms with Gasteiger partial charge in [-0.25, -0.2) is 0 Å². The van der Waals surface area contributed by atoms with Crippen molar-refractivity contribution < 1.29 is 9.72 Å². The maximum absolute atomic E-state index is 13.3. The van der Waals surface area contributed by atoms with Gasteiger partial charge in [-0.05, 0) is 61.2 Å². The van der Waals surface area contributed by atoms with Gasteiger partial charge in [-0.1, -0.05) is 24.6 Å². The molecule has 0 amide bonds. The third kappa shape index (κ3) is 3.93. The molecule has 29 heavy (non-hydrogen) atoms. The van der Waals surface area contributed by atoms with E-state index in [4.69, 9.17) is 0 Å². The van der Waals surface area contributed by atoms with Crippen LogP contribution in [0.15, 0.2) is 48.7 Å². The molecule has 0 spiro atoms. The Morgan fingerprint density at radius 2 is 2.00 bits per heavy atom. The van der Waals surface area contributed by atoms with Crippen LogP contribution in [0, 0.1) is 13.7 Å². The predicted molar refractivity (Wildman–Crippen MR) is 121 cm³/mol. The maximum atomic E-state index is 13.3. The average Bonchev–Trinajstić information content (AvgIpc) is 3.08. The van der Waals surface area contributed by atoms with Gasteiger partial charge in [0.2, 0.25) is 0 Å². The van der Waals surface area contributed by atoms with Crippen molar-refractivity contribution in [3.8, 4) is 0 Å². The molecule has 2 aromatic carbocycles. The summed E-state index contributed by atoms with van der Waals surface area (Å²) in [7, 11) is 2.17. The van der Waals surface area contributed by atoms with Crippen molar-refractivity contribution in [3.05, 3.63) is 73.5 Å². The van der Waals surface area contributed by atoms with Crippen LogP contribution in [0.2, 0.25) is 0 Å². The van der Waals surface area contributed by atoms with Crippen molar-refractivity contribution in [1.82, 2.24) is 9.47 Å². The molecular formula is C22H22IN3O3. The van der Waals surface area contributed by atoms with Crippen molar-refractivity contribution in [3.63, 3.8) is 0 Å². The highest BCUT2D eigenvalue weighted by molar-refractivity contribution is 14.1. The Balaban J connectivity index is 1.72. The van der Waals surface area contributed by atoms with Gasteiger partial charge < -0.3 is 9.47 Å². The lowest BCUT2D eigenvalue weighted by Gasteiger charge is -2.32. The van der Waals surface area contributed by atoms with Crippen molar-refractivity contribution in [2.24, 2.45) is 0 Å². The molecule has 6 nitrogen and oxygen atoms in total. The lowest BCUT2D eigenvalue weighted by atomic mass is 10.0. The van der Waals surface area contributed by atoms with Gasteiger partial charge in [-0.15, -0.1) is 0 Å². The molecule has 0 radical (unpaired) electrons. The van der Waals surface area contributed by atoms with Gasteiger partial charge in [-0.2, -0.15) is 0 Å². The highest BCUT2D eigenvalue weighted by Crippen LogP contribution is 2.28. The number of carbonyl (C=O) groups excluding carboxylic acids is 1. The molecule has 0 bridgehead atoms. The van der Waals surface area contributed by atoms with Crippen molar-refractivity contribution >= 4 is 45.0 Å². The number of benzene rings is 2. The van der Waals surface area contributed by atoms with E-state index < -0.39 is 4.92 Å². The van der Waals surface area contributed by atoms with Gasteiger partial charge in [0.25, 0.3) is 5.69 Å². The number of carbonyl (C=O) groups is 1.